The Labute approximate surface area is 179 Å². The van der Waals surface area contributed by atoms with E-state index in [1.807, 2.05) is 22.1 Å². The number of thiophene rings is 1. The molecule has 0 spiro atoms. The van der Waals surface area contributed by atoms with Crippen molar-refractivity contribution in [2.24, 2.45) is 0 Å². The van der Waals surface area contributed by atoms with Gasteiger partial charge in [0, 0.05) is 12.2 Å². The summed E-state index contributed by atoms with van der Waals surface area (Å²) in [7, 11) is 0. The Morgan fingerprint density at radius 2 is 2.27 bits per heavy atom. The SMILES string of the molecule is O=C(CSc1nnc(-c2cccs2)n1CC1CCCO1)c1ccc2[nH]c(=O)oc2c1. The van der Waals surface area contributed by atoms with Crippen LogP contribution in [0.5, 0.6) is 0 Å². The Morgan fingerprint density at radius 3 is 3.07 bits per heavy atom. The molecule has 0 saturated carbocycles. The zero-order valence-corrected chi connectivity index (χ0v) is 17.5. The Hall–Kier alpha value is -2.69. The van der Waals surface area contributed by atoms with Gasteiger partial charge in [-0.1, -0.05) is 17.8 Å². The average molecular weight is 443 g/mol. The number of nitrogens with one attached hydrogen (secondary N) is 1. The molecular formula is C20H18N4O4S2. The lowest BCUT2D eigenvalue weighted by Crippen LogP contribution is -2.17. The van der Waals surface area contributed by atoms with Crippen molar-refractivity contribution in [1.29, 1.82) is 0 Å². The van der Waals surface area contributed by atoms with Crippen LogP contribution >= 0.6 is 23.1 Å². The number of benzene rings is 1. The van der Waals surface area contributed by atoms with Gasteiger partial charge in [0.25, 0.3) is 0 Å². The van der Waals surface area contributed by atoms with Crippen LogP contribution in [0.2, 0.25) is 0 Å². The van der Waals surface area contributed by atoms with E-state index in [2.05, 4.69) is 15.2 Å². The first-order valence-corrected chi connectivity index (χ1v) is 11.4. The summed E-state index contributed by atoms with van der Waals surface area (Å²) in [4.78, 5) is 27.7. The van der Waals surface area contributed by atoms with E-state index in [1.165, 1.54) is 11.8 Å². The normalized spacial score (nSPS) is 16.5. The van der Waals surface area contributed by atoms with Gasteiger partial charge in [0.1, 0.15) is 0 Å². The number of nitrogens with zero attached hydrogens (tertiary/aromatic N) is 3. The highest BCUT2D eigenvalue weighted by molar-refractivity contribution is 7.99. The fourth-order valence-corrected chi connectivity index (χ4v) is 5.03. The number of hydrogen-bond donors (Lipinski definition) is 1. The van der Waals surface area contributed by atoms with Crippen LogP contribution in [-0.2, 0) is 11.3 Å². The smallest absolute Gasteiger partial charge is 0.408 e. The van der Waals surface area contributed by atoms with Gasteiger partial charge < -0.3 is 9.15 Å². The molecule has 3 aromatic heterocycles. The first kappa shape index (κ1) is 19.3. The van der Waals surface area contributed by atoms with E-state index < -0.39 is 5.76 Å². The van der Waals surface area contributed by atoms with Crippen molar-refractivity contribution in [2.45, 2.75) is 30.6 Å². The largest absolute Gasteiger partial charge is 0.417 e. The number of hydrogen-bond acceptors (Lipinski definition) is 8. The van der Waals surface area contributed by atoms with Gasteiger partial charge in [0.2, 0.25) is 0 Å². The molecule has 4 heterocycles. The number of carbonyl (C=O) groups is 1. The second-order valence-corrected chi connectivity index (χ2v) is 8.86. The minimum Gasteiger partial charge on any atom is -0.408 e. The summed E-state index contributed by atoms with van der Waals surface area (Å²) in [6.07, 6.45) is 2.20. The third-order valence-corrected chi connectivity index (χ3v) is 6.78. The summed E-state index contributed by atoms with van der Waals surface area (Å²) >= 11 is 2.96. The van der Waals surface area contributed by atoms with Crippen LogP contribution in [0.1, 0.15) is 23.2 Å². The summed E-state index contributed by atoms with van der Waals surface area (Å²) < 4.78 is 12.9. The van der Waals surface area contributed by atoms with E-state index in [-0.39, 0.29) is 17.6 Å². The molecule has 1 atom stereocenters. The molecule has 0 radical (unpaired) electrons. The number of oxazole rings is 1. The van der Waals surface area contributed by atoms with E-state index in [4.69, 9.17) is 9.15 Å². The number of thioether (sulfide) groups is 1. The number of carbonyl (C=O) groups excluding carboxylic acids is 1. The van der Waals surface area contributed by atoms with E-state index in [0.29, 0.717) is 28.4 Å². The van der Waals surface area contributed by atoms with Gasteiger partial charge in [-0.25, -0.2) is 4.79 Å². The Bertz CT molecular complexity index is 1240. The van der Waals surface area contributed by atoms with Gasteiger partial charge in [-0.15, -0.1) is 21.5 Å². The molecule has 1 saturated heterocycles. The molecule has 8 nitrogen and oxygen atoms in total. The molecule has 1 unspecified atom stereocenters. The number of ether oxygens (including phenoxy) is 1. The van der Waals surface area contributed by atoms with Gasteiger partial charge in [-0.2, -0.15) is 0 Å². The van der Waals surface area contributed by atoms with E-state index in [1.54, 1.807) is 29.5 Å². The fourth-order valence-electron chi connectivity index (χ4n) is 3.47. The fraction of sp³-hybridized carbons (Fsp3) is 0.300. The summed E-state index contributed by atoms with van der Waals surface area (Å²) in [6, 6.07) is 8.94. The Balaban J connectivity index is 1.36. The molecule has 1 aliphatic rings. The number of H-pyrrole nitrogens is 1. The summed E-state index contributed by atoms with van der Waals surface area (Å²) in [6.45, 7) is 1.44. The van der Waals surface area contributed by atoms with Crippen LogP contribution in [0.3, 0.4) is 0 Å². The number of rotatable bonds is 7. The van der Waals surface area contributed by atoms with Crippen molar-refractivity contribution < 1.29 is 13.9 Å². The van der Waals surface area contributed by atoms with Gasteiger partial charge >= 0.3 is 5.76 Å². The van der Waals surface area contributed by atoms with Crippen LogP contribution in [-0.4, -0.2) is 44.0 Å². The van der Waals surface area contributed by atoms with Gasteiger partial charge in [0.05, 0.1) is 28.8 Å². The molecule has 10 heteroatoms. The number of fused-ring (bicyclic) bond motifs is 1. The first-order chi connectivity index (χ1) is 14.7. The molecule has 0 aliphatic carbocycles. The Morgan fingerprint density at radius 1 is 1.33 bits per heavy atom. The highest BCUT2D eigenvalue weighted by Gasteiger charge is 2.23. The Kier molecular flexibility index (Phi) is 5.28. The lowest BCUT2D eigenvalue weighted by molar-refractivity contribution is 0.0953. The molecule has 5 rings (SSSR count). The predicted molar refractivity (Wildman–Crippen MR) is 114 cm³/mol. The van der Waals surface area contributed by atoms with E-state index in [0.717, 1.165) is 30.2 Å². The molecule has 1 aromatic carbocycles. The van der Waals surface area contributed by atoms with Crippen LogP contribution in [0, 0.1) is 0 Å². The maximum absolute atomic E-state index is 12.7. The third-order valence-electron chi connectivity index (χ3n) is 4.94. The highest BCUT2D eigenvalue weighted by atomic mass is 32.2. The summed E-state index contributed by atoms with van der Waals surface area (Å²) in [5.74, 6) is 0.391. The molecule has 0 amide bonds. The number of aromatic amines is 1. The minimum atomic E-state index is -0.535. The lowest BCUT2D eigenvalue weighted by atomic mass is 10.1. The first-order valence-electron chi connectivity index (χ1n) is 9.55. The van der Waals surface area contributed by atoms with Gasteiger partial charge in [-0.05, 0) is 42.5 Å². The molecular weight excluding hydrogens is 424 g/mol. The van der Waals surface area contributed by atoms with Gasteiger partial charge in [-0.3, -0.25) is 14.3 Å². The van der Waals surface area contributed by atoms with Crippen LogP contribution in [0.4, 0.5) is 0 Å². The zero-order chi connectivity index (χ0) is 20.5. The second-order valence-electron chi connectivity index (χ2n) is 6.97. The average Bonchev–Trinajstić information content (AvgIpc) is 3.52. The number of ketones is 1. The maximum Gasteiger partial charge on any atom is 0.417 e. The van der Waals surface area contributed by atoms with Gasteiger partial charge in [0.15, 0.2) is 22.3 Å². The van der Waals surface area contributed by atoms with Crippen molar-refractivity contribution in [3.8, 4) is 10.7 Å². The van der Waals surface area contributed by atoms with Crippen molar-refractivity contribution in [2.75, 3.05) is 12.4 Å². The van der Waals surface area contributed by atoms with E-state index in [9.17, 15) is 9.59 Å². The van der Waals surface area contributed by atoms with Crippen molar-refractivity contribution >= 4 is 40.0 Å². The monoisotopic (exact) mass is 442 g/mol. The third kappa shape index (κ3) is 3.85. The molecule has 4 aromatic rings. The molecule has 30 heavy (non-hydrogen) atoms. The second kappa shape index (κ2) is 8.21. The maximum atomic E-state index is 12.7. The van der Waals surface area contributed by atoms with Crippen molar-refractivity contribution in [3.63, 3.8) is 0 Å². The van der Waals surface area contributed by atoms with Crippen molar-refractivity contribution in [3.05, 3.63) is 51.8 Å². The van der Waals surface area contributed by atoms with Crippen LogP contribution in [0.25, 0.3) is 21.8 Å². The summed E-state index contributed by atoms with van der Waals surface area (Å²) in [5, 5.41) is 11.4. The molecule has 154 valence electrons. The highest BCUT2D eigenvalue weighted by Crippen LogP contribution is 2.29. The molecule has 1 aliphatic heterocycles. The zero-order valence-electron chi connectivity index (χ0n) is 15.9. The number of Topliss-reactive ketones (excluding diaryl/α,β-unsaturated/α-hetero) is 1. The summed E-state index contributed by atoms with van der Waals surface area (Å²) in [5.41, 5.74) is 1.43. The van der Waals surface area contributed by atoms with E-state index >= 15 is 0 Å². The number of aromatic nitrogens is 4. The van der Waals surface area contributed by atoms with Crippen LogP contribution < -0.4 is 5.76 Å². The topological polar surface area (TPSA) is 103 Å². The molecule has 1 fully saturated rings. The van der Waals surface area contributed by atoms with Crippen molar-refractivity contribution in [1.82, 2.24) is 19.7 Å². The molecule has 0 bridgehead atoms. The quantitative estimate of drug-likeness (QED) is 0.345. The predicted octanol–water partition coefficient (Wildman–Crippen LogP) is 3.60. The minimum absolute atomic E-state index is 0.0740. The van der Waals surface area contributed by atoms with Crippen LogP contribution in [0.15, 0.2) is 50.1 Å². The lowest BCUT2D eigenvalue weighted by Gasteiger charge is -2.14. The molecule has 1 N–H and O–H groups in total. The standard InChI is InChI=1S/C20H18N4O4S2/c25-15(12-5-6-14-16(9-12)28-20(26)21-14)11-30-19-23-22-18(17-4-2-8-29-17)24(19)10-13-3-1-7-27-13/h2,4-6,8-9,13H,1,3,7,10-11H2,(H,21,26).